The molecular weight excluding hydrogens is 388 g/mol. The summed E-state index contributed by atoms with van der Waals surface area (Å²) >= 11 is 1.67. The molecule has 0 saturated carbocycles. The van der Waals surface area contributed by atoms with Crippen molar-refractivity contribution >= 4 is 23.3 Å². The van der Waals surface area contributed by atoms with E-state index in [2.05, 4.69) is 23.3 Å². The number of amides is 3. The summed E-state index contributed by atoms with van der Waals surface area (Å²) < 4.78 is 5.38. The van der Waals surface area contributed by atoms with E-state index in [0.29, 0.717) is 32.8 Å². The van der Waals surface area contributed by atoms with Gasteiger partial charge in [0.15, 0.2) is 0 Å². The molecule has 160 valence electrons. The monoisotopic (exact) mass is 420 g/mol. The highest BCUT2D eigenvalue weighted by Crippen LogP contribution is 2.44. The molecule has 0 aromatic carbocycles. The average molecular weight is 421 g/mol. The lowest BCUT2D eigenvalue weighted by Gasteiger charge is -2.34. The highest BCUT2D eigenvalue weighted by molar-refractivity contribution is 7.09. The summed E-state index contributed by atoms with van der Waals surface area (Å²) in [5.74, 6) is 0.154. The van der Waals surface area contributed by atoms with Crippen molar-refractivity contribution in [2.24, 2.45) is 11.3 Å². The van der Waals surface area contributed by atoms with Gasteiger partial charge in [-0.2, -0.15) is 0 Å². The van der Waals surface area contributed by atoms with Crippen LogP contribution in [0.3, 0.4) is 0 Å². The maximum atomic E-state index is 13.1. The van der Waals surface area contributed by atoms with Crippen LogP contribution in [-0.4, -0.2) is 86.2 Å². The van der Waals surface area contributed by atoms with Gasteiger partial charge in [0.05, 0.1) is 25.7 Å². The van der Waals surface area contributed by atoms with Crippen LogP contribution in [0.5, 0.6) is 0 Å². The molecule has 1 aromatic rings. The molecule has 3 amide bonds. The number of nitrogens with one attached hydrogen (secondary N) is 1. The highest BCUT2D eigenvalue weighted by atomic mass is 32.1. The summed E-state index contributed by atoms with van der Waals surface area (Å²) in [6, 6.07) is 4.21. The van der Waals surface area contributed by atoms with E-state index in [1.54, 1.807) is 11.3 Å². The van der Waals surface area contributed by atoms with Gasteiger partial charge in [-0.05, 0) is 43.2 Å². The molecule has 4 heterocycles. The lowest BCUT2D eigenvalue weighted by atomic mass is 9.72. The molecule has 0 unspecified atom stereocenters. The van der Waals surface area contributed by atoms with Gasteiger partial charge in [0.2, 0.25) is 5.91 Å². The van der Waals surface area contributed by atoms with Crippen molar-refractivity contribution in [3.8, 4) is 0 Å². The summed E-state index contributed by atoms with van der Waals surface area (Å²) in [4.78, 5) is 33.4. The highest BCUT2D eigenvalue weighted by Gasteiger charge is 2.49. The van der Waals surface area contributed by atoms with Crippen molar-refractivity contribution in [3.63, 3.8) is 0 Å². The lowest BCUT2D eigenvalue weighted by molar-refractivity contribution is -0.128. The van der Waals surface area contributed by atoms with E-state index in [1.807, 2.05) is 21.2 Å². The first kappa shape index (κ1) is 20.6. The Hall–Kier alpha value is -1.64. The number of morpholine rings is 1. The van der Waals surface area contributed by atoms with Gasteiger partial charge >= 0.3 is 6.03 Å². The zero-order valence-electron chi connectivity index (χ0n) is 17.3. The Kier molecular flexibility index (Phi) is 6.41. The molecule has 1 spiro atoms. The molecule has 4 rings (SSSR count). The number of hydrogen-bond donors (Lipinski definition) is 1. The normalized spacial score (nSPS) is 28.5. The summed E-state index contributed by atoms with van der Waals surface area (Å²) in [5, 5.41) is 5.21. The minimum Gasteiger partial charge on any atom is -0.378 e. The van der Waals surface area contributed by atoms with E-state index in [4.69, 9.17) is 4.74 Å². The number of nitrogens with zero attached hydrogens (tertiary/aromatic N) is 3. The van der Waals surface area contributed by atoms with Crippen LogP contribution in [-0.2, 0) is 16.1 Å². The molecule has 1 aromatic heterocycles. The van der Waals surface area contributed by atoms with Gasteiger partial charge in [-0.1, -0.05) is 6.07 Å². The second-order valence-electron chi connectivity index (χ2n) is 8.63. The number of hydrogen-bond acceptors (Lipinski definition) is 5. The molecule has 8 heteroatoms. The van der Waals surface area contributed by atoms with Crippen LogP contribution >= 0.6 is 11.3 Å². The van der Waals surface area contributed by atoms with Gasteiger partial charge < -0.3 is 24.8 Å². The van der Waals surface area contributed by atoms with Gasteiger partial charge in [0, 0.05) is 44.1 Å². The van der Waals surface area contributed by atoms with Crippen molar-refractivity contribution in [2.45, 2.75) is 25.8 Å². The third-order valence-electron chi connectivity index (χ3n) is 6.69. The first-order valence-electron chi connectivity index (χ1n) is 10.7. The molecule has 2 atom stereocenters. The van der Waals surface area contributed by atoms with Gasteiger partial charge in [-0.25, -0.2) is 4.79 Å². The standard InChI is InChI=1S/C21H32N4O3S/c1-23-15-18(19(26)22-14-17-4-2-13-29-17)21(16-23)5-3-7-24(8-6-21)20(27)25-9-11-28-12-10-25/h2,4,13,18H,3,5-12,14-16H2,1H3,(H,22,26)/t18-,21+/m0/s1. The molecule has 0 bridgehead atoms. The molecule has 0 aliphatic carbocycles. The number of ether oxygens (including phenoxy) is 1. The zero-order valence-corrected chi connectivity index (χ0v) is 18.1. The predicted molar refractivity (Wildman–Crippen MR) is 113 cm³/mol. The topological polar surface area (TPSA) is 65.1 Å². The molecule has 3 aliphatic rings. The lowest BCUT2D eigenvalue weighted by Crippen LogP contribution is -2.48. The SMILES string of the molecule is CN1C[C@@H](C(=O)NCc2cccs2)[C@@]2(CCCN(C(=O)N3CCOCC3)CC2)C1. The Labute approximate surface area is 177 Å². The van der Waals surface area contributed by atoms with E-state index in [-0.39, 0.29) is 23.3 Å². The second kappa shape index (κ2) is 9.02. The quantitative estimate of drug-likeness (QED) is 0.811. The number of carbonyl (C=O) groups excluding carboxylic acids is 2. The van der Waals surface area contributed by atoms with Crippen LogP contribution in [0.4, 0.5) is 4.79 Å². The zero-order chi connectivity index (χ0) is 20.3. The molecule has 3 fully saturated rings. The average Bonchev–Trinajstić information content (AvgIpc) is 3.31. The van der Waals surface area contributed by atoms with Crippen LogP contribution in [0.25, 0.3) is 0 Å². The minimum absolute atomic E-state index is 0.00843. The third kappa shape index (κ3) is 4.59. The summed E-state index contributed by atoms with van der Waals surface area (Å²) in [6.45, 7) is 6.46. The number of urea groups is 1. The molecule has 29 heavy (non-hydrogen) atoms. The largest absolute Gasteiger partial charge is 0.378 e. The van der Waals surface area contributed by atoms with Crippen LogP contribution in [0.15, 0.2) is 17.5 Å². The van der Waals surface area contributed by atoms with Crippen molar-refractivity contribution < 1.29 is 14.3 Å². The van der Waals surface area contributed by atoms with Crippen molar-refractivity contribution in [1.82, 2.24) is 20.0 Å². The van der Waals surface area contributed by atoms with Gasteiger partial charge in [0.25, 0.3) is 0 Å². The predicted octanol–water partition coefficient (Wildman–Crippen LogP) is 1.85. The summed E-state index contributed by atoms with van der Waals surface area (Å²) in [5.41, 5.74) is -0.0334. The Bertz CT molecular complexity index is 707. The van der Waals surface area contributed by atoms with Crippen LogP contribution in [0.2, 0.25) is 0 Å². The first-order chi connectivity index (χ1) is 14.1. The van der Waals surface area contributed by atoms with Gasteiger partial charge in [-0.3, -0.25) is 4.79 Å². The molecule has 7 nitrogen and oxygen atoms in total. The smallest absolute Gasteiger partial charge is 0.320 e. The Balaban J connectivity index is 1.40. The van der Waals surface area contributed by atoms with Crippen LogP contribution < -0.4 is 5.32 Å². The molecule has 3 saturated heterocycles. The minimum atomic E-state index is -0.0334. The van der Waals surface area contributed by atoms with E-state index in [0.717, 1.165) is 45.4 Å². The fourth-order valence-corrected chi connectivity index (χ4v) is 5.80. The van der Waals surface area contributed by atoms with Crippen LogP contribution in [0.1, 0.15) is 24.1 Å². The number of likely N-dealkylation sites (tertiary alicyclic amines) is 2. The second-order valence-corrected chi connectivity index (χ2v) is 9.66. The van der Waals surface area contributed by atoms with Gasteiger partial charge in [-0.15, -0.1) is 11.3 Å². The van der Waals surface area contributed by atoms with Crippen molar-refractivity contribution in [1.29, 1.82) is 0 Å². The van der Waals surface area contributed by atoms with Crippen molar-refractivity contribution in [3.05, 3.63) is 22.4 Å². The first-order valence-corrected chi connectivity index (χ1v) is 11.6. The number of rotatable bonds is 3. The van der Waals surface area contributed by atoms with E-state index in [9.17, 15) is 9.59 Å². The Morgan fingerprint density at radius 1 is 1.21 bits per heavy atom. The third-order valence-corrected chi connectivity index (χ3v) is 7.56. The number of carbonyl (C=O) groups is 2. The van der Waals surface area contributed by atoms with Crippen molar-refractivity contribution in [2.75, 3.05) is 59.5 Å². The Morgan fingerprint density at radius 2 is 2.00 bits per heavy atom. The molecule has 0 radical (unpaired) electrons. The maximum absolute atomic E-state index is 13.1. The summed E-state index contributed by atoms with van der Waals surface area (Å²) in [7, 11) is 2.11. The van der Waals surface area contributed by atoms with Gasteiger partial charge in [0.1, 0.15) is 0 Å². The maximum Gasteiger partial charge on any atom is 0.320 e. The molecular formula is C21H32N4O3S. The van der Waals surface area contributed by atoms with E-state index >= 15 is 0 Å². The fraction of sp³-hybridized carbons (Fsp3) is 0.714. The Morgan fingerprint density at radius 3 is 2.76 bits per heavy atom. The fourth-order valence-electron chi connectivity index (χ4n) is 5.16. The van der Waals surface area contributed by atoms with E-state index < -0.39 is 0 Å². The molecule has 1 N–H and O–H groups in total. The summed E-state index contributed by atoms with van der Waals surface area (Å²) in [6.07, 6.45) is 2.85. The molecule has 3 aliphatic heterocycles. The van der Waals surface area contributed by atoms with E-state index in [1.165, 1.54) is 4.88 Å². The number of thiophene rings is 1. The van der Waals surface area contributed by atoms with Crippen LogP contribution in [0, 0.1) is 11.3 Å².